The van der Waals surface area contributed by atoms with Gasteiger partial charge in [-0.25, -0.2) is 0 Å². The molecular weight excluding hydrogens is 300 g/mol. The Morgan fingerprint density at radius 2 is 1.71 bits per heavy atom. The third-order valence-corrected chi connectivity index (χ3v) is 4.43. The van der Waals surface area contributed by atoms with E-state index in [1.807, 2.05) is 24.3 Å². The molecule has 2 aromatic carbocycles. The fourth-order valence-corrected chi connectivity index (χ4v) is 2.78. The van der Waals surface area contributed by atoms with E-state index in [-0.39, 0.29) is 5.41 Å². The quantitative estimate of drug-likeness (QED) is 0.820. The lowest BCUT2D eigenvalue weighted by atomic mass is 9.96. The number of nitrogens with one attached hydrogen (secondary N) is 2. The first-order valence-electron chi connectivity index (χ1n) is 7.04. The van der Waals surface area contributed by atoms with Crippen LogP contribution in [-0.2, 0) is 5.41 Å². The van der Waals surface area contributed by atoms with Crippen molar-refractivity contribution >= 4 is 34.6 Å². The molecule has 1 aliphatic rings. The number of benzene rings is 2. The minimum atomic E-state index is 0.257. The molecule has 4 heteroatoms. The molecule has 2 aromatic rings. The molecule has 2 nitrogen and oxygen atoms in total. The van der Waals surface area contributed by atoms with Crippen LogP contribution in [0.15, 0.2) is 54.6 Å². The van der Waals surface area contributed by atoms with Gasteiger partial charge < -0.3 is 10.6 Å². The van der Waals surface area contributed by atoms with Crippen LogP contribution < -0.4 is 10.6 Å². The van der Waals surface area contributed by atoms with E-state index in [4.69, 9.17) is 23.8 Å². The van der Waals surface area contributed by atoms with Gasteiger partial charge in [-0.3, -0.25) is 0 Å². The van der Waals surface area contributed by atoms with E-state index < -0.39 is 0 Å². The molecule has 0 amide bonds. The molecule has 1 fully saturated rings. The second kappa shape index (κ2) is 6.04. The van der Waals surface area contributed by atoms with Crippen molar-refractivity contribution in [3.05, 3.63) is 65.2 Å². The van der Waals surface area contributed by atoms with Gasteiger partial charge in [0.15, 0.2) is 5.11 Å². The molecule has 0 unspecified atom stereocenters. The van der Waals surface area contributed by atoms with Crippen LogP contribution in [0.5, 0.6) is 0 Å². The monoisotopic (exact) mass is 316 g/mol. The highest BCUT2D eigenvalue weighted by atomic mass is 35.5. The van der Waals surface area contributed by atoms with Crippen molar-refractivity contribution in [2.45, 2.75) is 18.3 Å². The number of halogens is 1. The summed E-state index contributed by atoms with van der Waals surface area (Å²) in [6.07, 6.45) is 2.43. The average Bonchev–Trinajstić information content (AvgIpc) is 3.30. The third-order valence-electron chi connectivity index (χ3n) is 3.93. The Hall–Kier alpha value is -1.58. The first-order valence-corrected chi connectivity index (χ1v) is 7.83. The minimum absolute atomic E-state index is 0.257. The first kappa shape index (κ1) is 14.4. The van der Waals surface area contributed by atoms with Gasteiger partial charge in [0, 0.05) is 22.7 Å². The van der Waals surface area contributed by atoms with Gasteiger partial charge in [0.05, 0.1) is 0 Å². The van der Waals surface area contributed by atoms with Crippen molar-refractivity contribution < 1.29 is 0 Å². The van der Waals surface area contributed by atoms with E-state index >= 15 is 0 Å². The normalized spacial score (nSPS) is 15.3. The van der Waals surface area contributed by atoms with E-state index in [9.17, 15) is 0 Å². The Morgan fingerprint density at radius 1 is 1.05 bits per heavy atom. The average molecular weight is 317 g/mol. The predicted molar refractivity (Wildman–Crippen MR) is 93.0 cm³/mol. The molecule has 0 saturated heterocycles. The van der Waals surface area contributed by atoms with E-state index in [1.54, 1.807) is 0 Å². The second-order valence-electron chi connectivity index (χ2n) is 5.46. The van der Waals surface area contributed by atoms with E-state index in [0.717, 1.165) is 17.3 Å². The number of hydrogen-bond acceptors (Lipinski definition) is 1. The molecule has 108 valence electrons. The topological polar surface area (TPSA) is 24.1 Å². The fraction of sp³-hybridized carbons (Fsp3) is 0.235. The first-order chi connectivity index (χ1) is 10.2. The molecule has 2 N–H and O–H groups in total. The van der Waals surface area contributed by atoms with Crippen LogP contribution in [0, 0.1) is 0 Å². The molecule has 0 spiro atoms. The summed E-state index contributed by atoms with van der Waals surface area (Å²) in [4.78, 5) is 0. The molecule has 0 aromatic heterocycles. The fourth-order valence-electron chi connectivity index (χ4n) is 2.47. The summed E-state index contributed by atoms with van der Waals surface area (Å²) in [6, 6.07) is 18.2. The highest BCUT2D eigenvalue weighted by molar-refractivity contribution is 7.80. The van der Waals surface area contributed by atoms with Crippen LogP contribution in [0.25, 0.3) is 0 Å². The largest absolute Gasteiger partial charge is 0.362 e. The number of rotatable bonds is 4. The Balaban J connectivity index is 1.56. The second-order valence-corrected chi connectivity index (χ2v) is 6.31. The van der Waals surface area contributed by atoms with Gasteiger partial charge in [-0.15, -0.1) is 0 Å². The summed E-state index contributed by atoms with van der Waals surface area (Å²) in [7, 11) is 0. The van der Waals surface area contributed by atoms with Crippen molar-refractivity contribution in [1.29, 1.82) is 0 Å². The lowest BCUT2D eigenvalue weighted by Crippen LogP contribution is -2.35. The molecule has 0 bridgehead atoms. The standard InChI is InChI=1S/C17H17ClN2S/c18-14-6-8-15(9-7-14)20-16(21)19-12-17(10-11-17)13-4-2-1-3-5-13/h1-9H,10-12H2,(H2,19,20,21). The highest BCUT2D eigenvalue weighted by Gasteiger charge is 2.43. The van der Waals surface area contributed by atoms with Crippen molar-refractivity contribution in [2.75, 3.05) is 11.9 Å². The smallest absolute Gasteiger partial charge is 0.170 e. The summed E-state index contributed by atoms with van der Waals surface area (Å²) in [5.74, 6) is 0. The van der Waals surface area contributed by atoms with Crippen LogP contribution in [-0.4, -0.2) is 11.7 Å². The summed E-state index contributed by atoms with van der Waals surface area (Å²) in [6.45, 7) is 0.871. The Bertz CT molecular complexity index is 621. The van der Waals surface area contributed by atoms with E-state index in [0.29, 0.717) is 5.11 Å². The number of thiocarbonyl (C=S) groups is 1. The van der Waals surface area contributed by atoms with E-state index in [2.05, 4.69) is 41.0 Å². The number of hydrogen-bond donors (Lipinski definition) is 2. The van der Waals surface area contributed by atoms with Gasteiger partial charge in [0.25, 0.3) is 0 Å². The SMILES string of the molecule is S=C(NCC1(c2ccccc2)CC1)Nc1ccc(Cl)cc1. The molecule has 0 atom stereocenters. The molecule has 3 rings (SSSR count). The van der Waals surface area contributed by atoms with Crippen molar-refractivity contribution in [2.24, 2.45) is 0 Å². The van der Waals surface area contributed by atoms with Gasteiger partial charge in [0.1, 0.15) is 0 Å². The summed E-state index contributed by atoms with van der Waals surface area (Å²) < 4.78 is 0. The lowest BCUT2D eigenvalue weighted by Gasteiger charge is -2.18. The molecule has 0 aliphatic heterocycles. The van der Waals surface area contributed by atoms with Gasteiger partial charge in [-0.05, 0) is 54.9 Å². The van der Waals surface area contributed by atoms with Crippen molar-refractivity contribution in [3.63, 3.8) is 0 Å². The molecule has 0 radical (unpaired) electrons. The molecule has 1 aliphatic carbocycles. The highest BCUT2D eigenvalue weighted by Crippen LogP contribution is 2.47. The lowest BCUT2D eigenvalue weighted by molar-refractivity contribution is 0.662. The molecule has 21 heavy (non-hydrogen) atoms. The summed E-state index contributed by atoms with van der Waals surface area (Å²) in [5.41, 5.74) is 2.60. The maximum atomic E-state index is 5.87. The Kier molecular flexibility index (Phi) is 4.13. The summed E-state index contributed by atoms with van der Waals surface area (Å²) >= 11 is 11.2. The van der Waals surface area contributed by atoms with Crippen LogP contribution >= 0.6 is 23.8 Å². The Morgan fingerprint density at radius 3 is 2.33 bits per heavy atom. The zero-order chi connectivity index (χ0) is 14.7. The van der Waals surface area contributed by atoms with E-state index in [1.165, 1.54) is 18.4 Å². The van der Waals surface area contributed by atoms with Crippen LogP contribution in [0.1, 0.15) is 18.4 Å². The zero-order valence-corrected chi connectivity index (χ0v) is 13.2. The van der Waals surface area contributed by atoms with Gasteiger partial charge >= 0.3 is 0 Å². The minimum Gasteiger partial charge on any atom is -0.362 e. The molecule has 1 saturated carbocycles. The summed E-state index contributed by atoms with van der Waals surface area (Å²) in [5, 5.41) is 7.89. The van der Waals surface area contributed by atoms with Crippen LogP contribution in [0.4, 0.5) is 5.69 Å². The Labute approximate surface area is 135 Å². The van der Waals surface area contributed by atoms with Gasteiger partial charge in [-0.1, -0.05) is 41.9 Å². The number of anilines is 1. The van der Waals surface area contributed by atoms with Crippen molar-refractivity contribution in [3.8, 4) is 0 Å². The van der Waals surface area contributed by atoms with Gasteiger partial charge in [0.2, 0.25) is 0 Å². The molecular formula is C17H17ClN2S. The van der Waals surface area contributed by atoms with Crippen LogP contribution in [0.2, 0.25) is 5.02 Å². The molecule has 0 heterocycles. The zero-order valence-electron chi connectivity index (χ0n) is 11.6. The maximum Gasteiger partial charge on any atom is 0.170 e. The maximum absolute atomic E-state index is 5.87. The predicted octanol–water partition coefficient (Wildman–Crippen LogP) is 4.36. The van der Waals surface area contributed by atoms with Crippen molar-refractivity contribution in [1.82, 2.24) is 5.32 Å². The van der Waals surface area contributed by atoms with Gasteiger partial charge in [-0.2, -0.15) is 0 Å². The van der Waals surface area contributed by atoms with Crippen LogP contribution in [0.3, 0.4) is 0 Å². The third kappa shape index (κ3) is 3.55.